The van der Waals surface area contributed by atoms with Crippen molar-refractivity contribution in [2.45, 2.75) is 18.8 Å². The molecule has 0 amide bonds. The van der Waals surface area contributed by atoms with E-state index in [0.29, 0.717) is 5.56 Å². The van der Waals surface area contributed by atoms with Crippen molar-refractivity contribution in [3.05, 3.63) is 29.8 Å². The van der Waals surface area contributed by atoms with Crippen molar-refractivity contribution in [3.63, 3.8) is 0 Å². The maximum atomic E-state index is 11.5. The number of cyclic esters (lactones) is 2. The van der Waals surface area contributed by atoms with Gasteiger partial charge in [-0.1, -0.05) is 18.2 Å². The number of aromatic hydroxyl groups is 1. The van der Waals surface area contributed by atoms with Crippen molar-refractivity contribution < 1.29 is 19.4 Å². The van der Waals surface area contributed by atoms with Crippen LogP contribution in [0.25, 0.3) is 0 Å². The van der Waals surface area contributed by atoms with Gasteiger partial charge in [0.2, 0.25) is 0 Å². The Bertz CT molecular complexity index is 438. The number of carbonyl (C=O) groups is 2. The summed E-state index contributed by atoms with van der Waals surface area (Å²) in [5, 5.41) is 9.62. The van der Waals surface area contributed by atoms with E-state index in [-0.39, 0.29) is 12.2 Å². The average molecular weight is 206 g/mol. The summed E-state index contributed by atoms with van der Waals surface area (Å²) in [6.45, 7) is 1.59. The molecule has 1 unspecified atom stereocenters. The Hall–Kier alpha value is -1.84. The molecule has 78 valence electrons. The molecule has 4 heteroatoms. The van der Waals surface area contributed by atoms with Gasteiger partial charge >= 0.3 is 11.9 Å². The summed E-state index contributed by atoms with van der Waals surface area (Å²) in [6.07, 6.45) is -0.0244. The zero-order valence-corrected chi connectivity index (χ0v) is 8.19. The number of ether oxygens (including phenoxy) is 1. The Morgan fingerprint density at radius 1 is 1.33 bits per heavy atom. The van der Waals surface area contributed by atoms with E-state index in [1.54, 1.807) is 25.1 Å². The van der Waals surface area contributed by atoms with Crippen molar-refractivity contribution in [3.8, 4) is 5.75 Å². The zero-order valence-electron chi connectivity index (χ0n) is 8.19. The van der Waals surface area contributed by atoms with Crippen LogP contribution in [0.3, 0.4) is 0 Å². The molecule has 1 aliphatic rings. The highest BCUT2D eigenvalue weighted by Crippen LogP contribution is 2.38. The summed E-state index contributed by atoms with van der Waals surface area (Å²) in [6, 6.07) is 6.46. The minimum absolute atomic E-state index is 0.00616. The lowest BCUT2D eigenvalue weighted by molar-refractivity contribution is -0.153. The van der Waals surface area contributed by atoms with Crippen LogP contribution in [-0.2, 0) is 19.7 Å². The molecule has 1 aliphatic heterocycles. The molecular formula is C11H10O4. The Labute approximate surface area is 86.5 Å². The zero-order chi connectivity index (χ0) is 11.1. The molecule has 0 aliphatic carbocycles. The van der Waals surface area contributed by atoms with Crippen LogP contribution in [0.2, 0.25) is 0 Å². The summed E-state index contributed by atoms with van der Waals surface area (Å²) in [4.78, 5) is 22.5. The maximum Gasteiger partial charge on any atom is 0.324 e. The van der Waals surface area contributed by atoms with E-state index in [1.807, 2.05) is 0 Å². The second kappa shape index (κ2) is 3.08. The van der Waals surface area contributed by atoms with E-state index in [2.05, 4.69) is 4.74 Å². The van der Waals surface area contributed by atoms with Crippen LogP contribution in [-0.4, -0.2) is 17.0 Å². The fraction of sp³-hybridized carbons (Fsp3) is 0.273. The van der Waals surface area contributed by atoms with Crippen LogP contribution in [0.15, 0.2) is 24.3 Å². The van der Waals surface area contributed by atoms with Gasteiger partial charge in [0.1, 0.15) is 11.2 Å². The van der Waals surface area contributed by atoms with Gasteiger partial charge in [-0.25, -0.2) is 0 Å². The molecule has 1 N–H and O–H groups in total. The smallest absolute Gasteiger partial charge is 0.324 e. The van der Waals surface area contributed by atoms with E-state index in [9.17, 15) is 14.7 Å². The normalized spacial score (nSPS) is 25.4. The number of carbonyl (C=O) groups excluding carboxylic acids is 2. The summed E-state index contributed by atoms with van der Waals surface area (Å²) < 4.78 is 4.50. The minimum atomic E-state index is -1.05. The molecule has 0 aromatic heterocycles. The van der Waals surface area contributed by atoms with Crippen molar-refractivity contribution in [2.24, 2.45) is 0 Å². The molecule has 1 aromatic rings. The summed E-state index contributed by atoms with van der Waals surface area (Å²) in [5.41, 5.74) is -0.622. The Morgan fingerprint density at radius 3 is 2.53 bits per heavy atom. The lowest BCUT2D eigenvalue weighted by Gasteiger charge is -2.19. The topological polar surface area (TPSA) is 63.6 Å². The van der Waals surface area contributed by atoms with E-state index < -0.39 is 17.4 Å². The van der Waals surface area contributed by atoms with Gasteiger partial charge in [-0.05, 0) is 13.0 Å². The predicted octanol–water partition coefficient (Wildman–Crippen LogP) is 1.12. The number of phenolic OH excluding ortho intramolecular Hbond substituents is 1. The molecule has 1 heterocycles. The first-order valence-corrected chi connectivity index (χ1v) is 4.57. The number of para-hydroxylation sites is 1. The molecule has 1 atom stereocenters. The lowest BCUT2D eigenvalue weighted by atomic mass is 9.80. The predicted molar refractivity (Wildman–Crippen MR) is 51.2 cm³/mol. The Balaban J connectivity index is 2.51. The number of benzene rings is 1. The number of rotatable bonds is 1. The van der Waals surface area contributed by atoms with E-state index >= 15 is 0 Å². The standard InChI is InChI=1S/C11H10O4/c1-11(6-9(13)15-10(11)14)7-4-2-3-5-8(7)12/h2-5,12H,6H2,1H3. The minimum Gasteiger partial charge on any atom is -0.508 e. The molecular weight excluding hydrogens is 196 g/mol. The van der Waals surface area contributed by atoms with E-state index in [1.165, 1.54) is 6.07 Å². The SMILES string of the molecule is CC1(c2ccccc2O)CC(=O)OC1=O. The van der Waals surface area contributed by atoms with Crippen LogP contribution >= 0.6 is 0 Å². The van der Waals surface area contributed by atoms with Crippen LogP contribution in [0, 0.1) is 0 Å². The first-order valence-electron chi connectivity index (χ1n) is 4.57. The van der Waals surface area contributed by atoms with Gasteiger partial charge in [-0.3, -0.25) is 9.59 Å². The van der Waals surface area contributed by atoms with Gasteiger partial charge in [0.15, 0.2) is 0 Å². The number of esters is 2. The summed E-state index contributed by atoms with van der Waals surface area (Å²) >= 11 is 0. The fourth-order valence-corrected chi connectivity index (χ4v) is 1.76. The third-order valence-corrected chi connectivity index (χ3v) is 2.65. The average Bonchev–Trinajstić information content (AvgIpc) is 2.42. The summed E-state index contributed by atoms with van der Waals surface area (Å²) in [5.74, 6) is -1.15. The van der Waals surface area contributed by atoms with Crippen molar-refractivity contribution in [1.29, 1.82) is 0 Å². The largest absolute Gasteiger partial charge is 0.508 e. The second-order valence-electron chi connectivity index (χ2n) is 3.79. The van der Waals surface area contributed by atoms with E-state index in [4.69, 9.17) is 0 Å². The van der Waals surface area contributed by atoms with Crippen molar-refractivity contribution in [1.82, 2.24) is 0 Å². The third-order valence-electron chi connectivity index (χ3n) is 2.65. The van der Waals surface area contributed by atoms with Gasteiger partial charge in [0.25, 0.3) is 0 Å². The molecule has 0 bridgehead atoms. The van der Waals surface area contributed by atoms with Crippen molar-refractivity contribution in [2.75, 3.05) is 0 Å². The Kier molecular flexibility index (Phi) is 2.00. The highest BCUT2D eigenvalue weighted by atomic mass is 16.6. The lowest BCUT2D eigenvalue weighted by Crippen LogP contribution is -2.27. The van der Waals surface area contributed by atoms with Gasteiger partial charge < -0.3 is 9.84 Å². The van der Waals surface area contributed by atoms with E-state index in [0.717, 1.165) is 0 Å². The van der Waals surface area contributed by atoms with Gasteiger partial charge in [0, 0.05) is 5.56 Å². The monoisotopic (exact) mass is 206 g/mol. The van der Waals surface area contributed by atoms with Gasteiger partial charge in [-0.2, -0.15) is 0 Å². The molecule has 1 saturated heterocycles. The molecule has 2 rings (SSSR count). The number of hydrogen-bond donors (Lipinski definition) is 1. The van der Waals surface area contributed by atoms with Gasteiger partial charge in [0.05, 0.1) is 6.42 Å². The first-order chi connectivity index (χ1) is 7.04. The van der Waals surface area contributed by atoms with Crippen LogP contribution < -0.4 is 0 Å². The molecule has 4 nitrogen and oxygen atoms in total. The summed E-state index contributed by atoms with van der Waals surface area (Å²) in [7, 11) is 0. The first kappa shape index (κ1) is 9.71. The number of phenols is 1. The molecule has 1 aromatic carbocycles. The van der Waals surface area contributed by atoms with Gasteiger partial charge in [-0.15, -0.1) is 0 Å². The molecule has 1 fully saturated rings. The van der Waals surface area contributed by atoms with Crippen LogP contribution in [0.4, 0.5) is 0 Å². The maximum absolute atomic E-state index is 11.5. The Morgan fingerprint density at radius 2 is 2.00 bits per heavy atom. The molecule has 0 spiro atoms. The molecule has 0 saturated carbocycles. The quantitative estimate of drug-likeness (QED) is 0.552. The highest BCUT2D eigenvalue weighted by Gasteiger charge is 2.47. The molecule has 0 radical (unpaired) electrons. The van der Waals surface area contributed by atoms with Crippen molar-refractivity contribution >= 4 is 11.9 Å². The van der Waals surface area contributed by atoms with Crippen LogP contribution in [0.1, 0.15) is 18.9 Å². The second-order valence-corrected chi connectivity index (χ2v) is 3.79. The highest BCUT2D eigenvalue weighted by molar-refractivity contribution is 6.01. The third kappa shape index (κ3) is 1.38. The molecule has 15 heavy (non-hydrogen) atoms. The fourth-order valence-electron chi connectivity index (χ4n) is 1.76. The number of hydrogen-bond acceptors (Lipinski definition) is 4. The van der Waals surface area contributed by atoms with Crippen LogP contribution in [0.5, 0.6) is 5.75 Å².